The van der Waals surface area contributed by atoms with E-state index in [1.165, 1.54) is 21.4 Å². The van der Waals surface area contributed by atoms with Gasteiger partial charge in [0.05, 0.1) is 33.2 Å². The van der Waals surface area contributed by atoms with Crippen LogP contribution in [-0.4, -0.2) is 71.8 Å². The number of hydrogen-bond donors (Lipinski definition) is 1. The summed E-state index contributed by atoms with van der Waals surface area (Å²) in [7, 11) is 0.125. The minimum absolute atomic E-state index is 0.0143. The number of fused-ring (bicyclic) bond motifs is 3. The van der Waals surface area contributed by atoms with Crippen molar-refractivity contribution in [2.45, 2.75) is 11.4 Å². The second-order valence-electron chi connectivity index (χ2n) is 9.46. The van der Waals surface area contributed by atoms with Crippen LogP contribution in [-0.2, 0) is 24.4 Å². The molecule has 0 aliphatic carbocycles. The van der Waals surface area contributed by atoms with Crippen LogP contribution >= 0.6 is 0 Å². The van der Waals surface area contributed by atoms with Gasteiger partial charge < -0.3 is 15.1 Å². The van der Waals surface area contributed by atoms with Crippen molar-refractivity contribution >= 4 is 39.1 Å². The minimum Gasteiger partial charge on any atom is -0.463 e. The summed E-state index contributed by atoms with van der Waals surface area (Å²) in [6, 6.07) is 7.50. The molecule has 1 atom stereocenters. The number of hydrogen-bond acceptors (Lipinski definition) is 8. The minimum atomic E-state index is -1.56. The first-order valence-electron chi connectivity index (χ1n) is 12.3. The number of nitrogens with two attached hydrogens (primary N) is 1. The van der Waals surface area contributed by atoms with Crippen LogP contribution in [0.2, 0.25) is 0 Å². The van der Waals surface area contributed by atoms with Gasteiger partial charge in [0.1, 0.15) is 22.8 Å². The van der Waals surface area contributed by atoms with Crippen LogP contribution < -0.4 is 16.3 Å². The third-order valence-corrected chi connectivity index (χ3v) is 8.08. The van der Waals surface area contributed by atoms with E-state index in [0.29, 0.717) is 67.4 Å². The Kier molecular flexibility index (Phi) is 6.22. The number of rotatable bonds is 6. The van der Waals surface area contributed by atoms with E-state index in [1.807, 2.05) is 11.0 Å². The van der Waals surface area contributed by atoms with Gasteiger partial charge in [-0.25, -0.2) is 13.6 Å². The van der Waals surface area contributed by atoms with Crippen LogP contribution in [0.15, 0.2) is 50.7 Å². The molecule has 0 saturated carbocycles. The monoisotopic (exact) mass is 556 g/mol. The Bertz CT molecular complexity index is 1790. The molecule has 4 aromatic heterocycles. The van der Waals surface area contributed by atoms with Crippen molar-refractivity contribution in [2.24, 2.45) is 7.05 Å². The fourth-order valence-electron chi connectivity index (χ4n) is 5.11. The van der Waals surface area contributed by atoms with Gasteiger partial charge in [-0.05, 0) is 24.3 Å². The van der Waals surface area contributed by atoms with Crippen molar-refractivity contribution in [2.75, 3.05) is 49.6 Å². The maximum absolute atomic E-state index is 14.5. The lowest BCUT2D eigenvalue weighted by Gasteiger charge is -2.36. The quantitative estimate of drug-likeness (QED) is 0.338. The first kappa shape index (κ1) is 25.2. The van der Waals surface area contributed by atoms with Crippen molar-refractivity contribution in [3.05, 3.63) is 58.7 Å². The van der Waals surface area contributed by atoms with Crippen molar-refractivity contribution in [3.63, 3.8) is 0 Å². The van der Waals surface area contributed by atoms with Gasteiger partial charge in [0.15, 0.2) is 11.4 Å². The lowest BCUT2D eigenvalue weighted by Crippen LogP contribution is -2.47. The van der Waals surface area contributed by atoms with E-state index < -0.39 is 22.4 Å². The SMILES string of the molecule is Cn1c(=O)n(CCN2CCN(c3cc([S@](C)=O)c(F)cc3F)CC2)c2nc(N)n3nc(-c4ccco4)cc3c21. The Morgan fingerprint density at radius 1 is 1.10 bits per heavy atom. The number of nitrogens with zero attached hydrogens (tertiary/aromatic N) is 7. The molecular weight excluding hydrogens is 530 g/mol. The van der Waals surface area contributed by atoms with Crippen molar-refractivity contribution in [3.8, 4) is 11.5 Å². The number of halogens is 2. The van der Waals surface area contributed by atoms with Gasteiger partial charge >= 0.3 is 5.69 Å². The smallest absolute Gasteiger partial charge is 0.330 e. The fraction of sp³-hybridized carbons (Fsp3) is 0.320. The van der Waals surface area contributed by atoms with E-state index in [9.17, 15) is 17.8 Å². The lowest BCUT2D eigenvalue weighted by molar-refractivity contribution is 0.247. The molecule has 0 radical (unpaired) electrons. The molecule has 0 amide bonds. The second-order valence-corrected chi connectivity index (χ2v) is 10.8. The van der Waals surface area contributed by atoms with Crippen LogP contribution in [0.3, 0.4) is 0 Å². The highest BCUT2D eigenvalue weighted by Crippen LogP contribution is 2.27. The zero-order valence-corrected chi connectivity index (χ0v) is 22.1. The van der Waals surface area contributed by atoms with Crippen LogP contribution in [0, 0.1) is 11.6 Å². The Morgan fingerprint density at radius 2 is 1.87 bits per heavy atom. The molecule has 0 spiro atoms. The van der Waals surface area contributed by atoms with E-state index in [1.54, 1.807) is 30.0 Å². The average Bonchev–Trinajstić information content (AvgIpc) is 3.63. The molecule has 1 fully saturated rings. The number of piperazine rings is 1. The first-order valence-corrected chi connectivity index (χ1v) is 13.9. The van der Waals surface area contributed by atoms with Crippen molar-refractivity contribution in [1.29, 1.82) is 0 Å². The van der Waals surface area contributed by atoms with Crippen molar-refractivity contribution in [1.82, 2.24) is 28.6 Å². The van der Waals surface area contributed by atoms with E-state index in [2.05, 4.69) is 15.0 Å². The molecular formula is C25H26F2N8O3S. The van der Waals surface area contributed by atoms with E-state index >= 15 is 0 Å². The fourth-order valence-corrected chi connectivity index (χ4v) is 5.72. The second kappa shape index (κ2) is 9.61. The Balaban J connectivity index is 1.22. The number of imidazole rings is 1. The molecule has 6 rings (SSSR count). The van der Waals surface area contributed by atoms with E-state index in [0.717, 1.165) is 6.07 Å². The Morgan fingerprint density at radius 3 is 2.56 bits per heavy atom. The number of benzene rings is 1. The first-order chi connectivity index (χ1) is 18.7. The highest BCUT2D eigenvalue weighted by Gasteiger charge is 2.24. The lowest BCUT2D eigenvalue weighted by atomic mass is 10.2. The van der Waals surface area contributed by atoms with Gasteiger partial charge in [0, 0.05) is 58.6 Å². The average molecular weight is 557 g/mol. The maximum Gasteiger partial charge on any atom is 0.330 e. The van der Waals surface area contributed by atoms with Gasteiger partial charge in [-0.2, -0.15) is 14.6 Å². The number of anilines is 2. The summed E-state index contributed by atoms with van der Waals surface area (Å²) in [5.74, 6) is -0.759. The normalized spacial score (nSPS) is 15.5. The number of aryl methyl sites for hydroxylation is 1. The number of aromatic nitrogens is 5. The highest BCUT2D eigenvalue weighted by molar-refractivity contribution is 7.84. The van der Waals surface area contributed by atoms with Gasteiger partial charge in [-0.15, -0.1) is 0 Å². The molecule has 1 saturated heterocycles. The third-order valence-electron chi connectivity index (χ3n) is 7.15. The molecule has 204 valence electrons. The predicted molar refractivity (Wildman–Crippen MR) is 143 cm³/mol. The molecule has 39 heavy (non-hydrogen) atoms. The highest BCUT2D eigenvalue weighted by atomic mass is 32.2. The van der Waals surface area contributed by atoms with Crippen molar-refractivity contribution < 1.29 is 17.4 Å². The summed E-state index contributed by atoms with van der Waals surface area (Å²) in [5.41, 5.74) is 8.53. The maximum atomic E-state index is 14.5. The largest absolute Gasteiger partial charge is 0.463 e. The van der Waals surface area contributed by atoms with Crippen LogP contribution in [0.25, 0.3) is 28.1 Å². The molecule has 2 N–H and O–H groups in total. The summed E-state index contributed by atoms with van der Waals surface area (Å²) in [5, 5.41) is 4.50. The molecule has 0 unspecified atom stereocenters. The zero-order chi connectivity index (χ0) is 27.4. The topological polar surface area (TPSA) is 120 Å². The molecule has 1 aliphatic rings. The predicted octanol–water partition coefficient (Wildman–Crippen LogP) is 2.06. The summed E-state index contributed by atoms with van der Waals surface area (Å²) < 4.78 is 50.4. The van der Waals surface area contributed by atoms with Gasteiger partial charge in [-0.3, -0.25) is 18.2 Å². The molecule has 1 aromatic carbocycles. The summed E-state index contributed by atoms with van der Waals surface area (Å²) in [6.45, 7) is 3.15. The Hall–Kier alpha value is -4.04. The van der Waals surface area contributed by atoms with Crippen LogP contribution in [0.1, 0.15) is 0 Å². The van der Waals surface area contributed by atoms with Gasteiger partial charge in [0.25, 0.3) is 0 Å². The molecule has 11 nitrogen and oxygen atoms in total. The molecule has 1 aliphatic heterocycles. The molecule has 5 aromatic rings. The van der Waals surface area contributed by atoms with Gasteiger partial charge in [-0.1, -0.05) is 0 Å². The van der Waals surface area contributed by atoms with E-state index in [4.69, 9.17) is 10.2 Å². The summed E-state index contributed by atoms with van der Waals surface area (Å²) in [6.07, 6.45) is 2.93. The number of nitrogen functional groups attached to an aromatic ring is 1. The zero-order valence-electron chi connectivity index (χ0n) is 21.3. The number of furan rings is 1. The standard InChI is InChI=1S/C25H26F2N8O3S/c1-31-22-19-13-17(20-4-3-11-38-20)30-35(19)24(28)29-23(22)34(25(31)36)10-7-32-5-8-33(9-6-32)18-14-21(39(2)37)16(27)12-15(18)26/h3-4,11-14H,5-10H2,1-2H3,(H2,28,29)/t39-/m0/s1. The van der Waals surface area contributed by atoms with Crippen LogP contribution in [0.5, 0.6) is 0 Å². The molecule has 14 heteroatoms. The summed E-state index contributed by atoms with van der Waals surface area (Å²) in [4.78, 5) is 21.7. The molecule has 5 heterocycles. The summed E-state index contributed by atoms with van der Waals surface area (Å²) >= 11 is 0. The molecule has 0 bridgehead atoms. The third kappa shape index (κ3) is 4.29. The van der Waals surface area contributed by atoms with Gasteiger partial charge in [0.2, 0.25) is 5.95 Å². The van der Waals surface area contributed by atoms with Crippen LogP contribution in [0.4, 0.5) is 20.4 Å². The Labute approximate surface area is 223 Å². The van der Waals surface area contributed by atoms with E-state index in [-0.39, 0.29) is 22.2 Å².